The molecular formula is C40H51ClN2O6. The number of benzene rings is 1. The summed E-state index contributed by atoms with van der Waals surface area (Å²) in [5.74, 6) is -1.05. The van der Waals surface area contributed by atoms with Crippen molar-refractivity contribution in [2.75, 3.05) is 19.0 Å². The van der Waals surface area contributed by atoms with Gasteiger partial charge in [-0.1, -0.05) is 85.7 Å². The molecule has 2 aliphatic carbocycles. The fraction of sp³-hybridized carbons (Fsp3) is 0.400. The molecular weight excluding hydrogens is 640 g/mol. The molecule has 0 aliphatic heterocycles. The molecule has 0 spiro atoms. The van der Waals surface area contributed by atoms with Crippen molar-refractivity contribution in [3.8, 4) is 5.75 Å². The summed E-state index contributed by atoms with van der Waals surface area (Å²) in [4.78, 5) is 49.1. The van der Waals surface area contributed by atoms with Gasteiger partial charge in [-0.05, 0) is 101 Å². The topological polar surface area (TPSA) is 111 Å². The molecule has 0 radical (unpaired) electrons. The van der Waals surface area contributed by atoms with E-state index in [0.717, 1.165) is 37.7 Å². The maximum absolute atomic E-state index is 13.5. The van der Waals surface area contributed by atoms with Gasteiger partial charge in [-0.2, -0.15) is 0 Å². The van der Waals surface area contributed by atoms with Crippen molar-refractivity contribution in [1.82, 2.24) is 5.32 Å². The minimum Gasteiger partial charge on any atom is -0.465 e. The van der Waals surface area contributed by atoms with E-state index in [1.165, 1.54) is 11.1 Å². The van der Waals surface area contributed by atoms with Crippen LogP contribution >= 0.6 is 11.6 Å². The number of esters is 2. The summed E-state index contributed by atoms with van der Waals surface area (Å²) in [6, 6.07) is 3.23. The number of carbonyl (C=O) groups excluding carboxylic acids is 4. The van der Waals surface area contributed by atoms with E-state index < -0.39 is 17.4 Å². The highest BCUT2D eigenvalue weighted by Crippen LogP contribution is 2.44. The fourth-order valence-electron chi connectivity index (χ4n) is 5.92. The monoisotopic (exact) mass is 690 g/mol. The highest BCUT2D eigenvalue weighted by atomic mass is 35.5. The number of carbonyl (C=O) groups is 4. The zero-order chi connectivity index (χ0) is 36.6. The quantitative estimate of drug-likeness (QED) is 0.0625. The number of nitrogens with one attached hydrogen (secondary N) is 2. The van der Waals surface area contributed by atoms with E-state index in [1.807, 2.05) is 32.9 Å². The first-order valence-corrected chi connectivity index (χ1v) is 17.2. The lowest BCUT2D eigenvalue weighted by Crippen LogP contribution is -2.37. The number of amides is 2. The van der Waals surface area contributed by atoms with Crippen LogP contribution in [-0.2, 0) is 23.9 Å². The van der Waals surface area contributed by atoms with Crippen molar-refractivity contribution in [1.29, 1.82) is 0 Å². The molecule has 2 amide bonds. The zero-order valence-electron chi connectivity index (χ0n) is 29.8. The van der Waals surface area contributed by atoms with Gasteiger partial charge in [0.15, 0.2) is 0 Å². The van der Waals surface area contributed by atoms with Gasteiger partial charge in [0.1, 0.15) is 11.2 Å². The smallest absolute Gasteiger partial charge is 0.320 e. The minimum atomic E-state index is -1.22. The van der Waals surface area contributed by atoms with E-state index in [-0.39, 0.29) is 36.1 Å². The van der Waals surface area contributed by atoms with Crippen LogP contribution in [0.2, 0.25) is 5.02 Å². The first kappa shape index (κ1) is 40.7. The summed E-state index contributed by atoms with van der Waals surface area (Å²) in [5, 5.41) is 5.44. The number of hydrogen-bond acceptors (Lipinski definition) is 6. The molecule has 0 heterocycles. The van der Waals surface area contributed by atoms with Crippen molar-refractivity contribution < 1.29 is 28.7 Å². The summed E-state index contributed by atoms with van der Waals surface area (Å²) >= 11 is 6.57. The summed E-state index contributed by atoms with van der Waals surface area (Å²) in [5.41, 5.74) is 5.56. The average molecular weight is 691 g/mol. The standard InChI is InChI=1S/C38H46ClNO5.C2H5NO/c1-8-14-27(7)38(29(9-2)10-3,37(43)44-11-4)22-21-35(41)45-34-23-26(6)33(24-32(34)39)40-36(42)31-16-13-12-15-30(31)28-19-17-25(5)18-20-28;1-3-2-4/h9-10,13,16-17,19,23-24H,2,7-8,11-12,14-15,18,20-22H2,1,3-6H3,(H,40,42);2H,1H3,(H,3,4)/b29-10+;. The predicted molar refractivity (Wildman–Crippen MR) is 198 cm³/mol. The maximum Gasteiger partial charge on any atom is 0.320 e. The van der Waals surface area contributed by atoms with Crippen LogP contribution in [0.4, 0.5) is 5.69 Å². The molecule has 1 unspecified atom stereocenters. The van der Waals surface area contributed by atoms with Crippen LogP contribution in [0.3, 0.4) is 0 Å². The molecule has 1 aromatic carbocycles. The molecule has 0 saturated carbocycles. The van der Waals surface area contributed by atoms with Gasteiger partial charge in [0.2, 0.25) is 6.41 Å². The Bertz CT molecular complexity index is 1560. The molecule has 2 aliphatic rings. The summed E-state index contributed by atoms with van der Waals surface area (Å²) in [6.07, 6.45) is 17.2. The Balaban J connectivity index is 0.00000197. The SMILES string of the molecule is C=C/C(=C\C)C(CCC(=O)Oc1cc(C)c(NC(=O)C2=C(C3=CC=C(C)CC3)CCC=C2)cc1Cl)(C(=C)CCC)C(=O)OCC.CNC=O. The maximum atomic E-state index is 13.5. The third-order valence-corrected chi connectivity index (χ3v) is 8.83. The first-order valence-electron chi connectivity index (χ1n) is 16.8. The Morgan fingerprint density at radius 1 is 1.08 bits per heavy atom. The number of anilines is 1. The van der Waals surface area contributed by atoms with Crippen LogP contribution in [0.5, 0.6) is 5.75 Å². The molecule has 0 fully saturated rings. The van der Waals surface area contributed by atoms with Crippen molar-refractivity contribution in [2.45, 2.75) is 86.0 Å². The molecule has 8 nitrogen and oxygen atoms in total. The number of halogens is 1. The van der Waals surface area contributed by atoms with Crippen molar-refractivity contribution >= 4 is 41.5 Å². The third-order valence-electron chi connectivity index (χ3n) is 8.54. The number of allylic oxidation sites excluding steroid dienone is 8. The Hall–Kier alpha value is -4.43. The third kappa shape index (κ3) is 10.8. The Morgan fingerprint density at radius 2 is 1.80 bits per heavy atom. The van der Waals surface area contributed by atoms with E-state index in [1.54, 1.807) is 38.3 Å². The highest BCUT2D eigenvalue weighted by molar-refractivity contribution is 6.32. The van der Waals surface area contributed by atoms with Gasteiger partial charge in [0.25, 0.3) is 5.91 Å². The molecule has 2 N–H and O–H groups in total. The largest absolute Gasteiger partial charge is 0.465 e. The molecule has 264 valence electrons. The number of aryl methyl sites for hydroxylation is 1. The molecule has 3 rings (SSSR count). The van der Waals surface area contributed by atoms with E-state index in [0.29, 0.717) is 40.8 Å². The van der Waals surface area contributed by atoms with E-state index >= 15 is 0 Å². The lowest BCUT2D eigenvalue weighted by Gasteiger charge is -2.34. The van der Waals surface area contributed by atoms with Crippen LogP contribution in [0, 0.1) is 12.3 Å². The lowest BCUT2D eigenvalue weighted by atomic mass is 9.69. The second-order valence-electron chi connectivity index (χ2n) is 11.9. The van der Waals surface area contributed by atoms with E-state index in [9.17, 15) is 14.4 Å². The van der Waals surface area contributed by atoms with Crippen molar-refractivity contribution in [3.63, 3.8) is 0 Å². The Morgan fingerprint density at radius 3 is 2.37 bits per heavy atom. The van der Waals surface area contributed by atoms with Gasteiger partial charge >= 0.3 is 11.9 Å². The second-order valence-corrected chi connectivity index (χ2v) is 12.3. The summed E-state index contributed by atoms with van der Waals surface area (Å²) in [6.45, 7) is 17.8. The van der Waals surface area contributed by atoms with Gasteiger partial charge in [0.05, 0.1) is 11.6 Å². The molecule has 1 atom stereocenters. The molecule has 1 aromatic rings. The van der Waals surface area contributed by atoms with E-state index in [4.69, 9.17) is 25.9 Å². The molecule has 0 bridgehead atoms. The number of hydrogen-bond donors (Lipinski definition) is 2. The zero-order valence-corrected chi connectivity index (χ0v) is 30.6. The normalized spacial score (nSPS) is 15.4. The number of ether oxygens (including phenoxy) is 2. The van der Waals surface area contributed by atoms with Gasteiger partial charge in [-0.3, -0.25) is 19.2 Å². The fourth-order valence-corrected chi connectivity index (χ4v) is 6.12. The van der Waals surface area contributed by atoms with Gasteiger partial charge in [0, 0.05) is 24.7 Å². The second kappa shape index (κ2) is 20.2. The highest BCUT2D eigenvalue weighted by Gasteiger charge is 2.44. The number of rotatable bonds is 15. The minimum absolute atomic E-state index is 0.0889. The molecule has 9 heteroatoms. The van der Waals surface area contributed by atoms with E-state index in [2.05, 4.69) is 42.9 Å². The lowest BCUT2D eigenvalue weighted by molar-refractivity contribution is -0.151. The Labute approximate surface area is 296 Å². The van der Waals surface area contributed by atoms with Gasteiger partial charge < -0.3 is 20.1 Å². The van der Waals surface area contributed by atoms with Crippen molar-refractivity contribution in [2.24, 2.45) is 5.41 Å². The average Bonchev–Trinajstić information content (AvgIpc) is 3.09. The summed E-state index contributed by atoms with van der Waals surface area (Å²) in [7, 11) is 1.56. The first-order chi connectivity index (χ1) is 23.4. The van der Waals surface area contributed by atoms with Gasteiger partial charge in [-0.25, -0.2) is 0 Å². The summed E-state index contributed by atoms with van der Waals surface area (Å²) < 4.78 is 11.2. The molecule has 49 heavy (non-hydrogen) atoms. The van der Waals surface area contributed by atoms with Crippen LogP contribution in [-0.4, -0.2) is 37.9 Å². The Kier molecular flexibility index (Phi) is 16.8. The predicted octanol–water partition coefficient (Wildman–Crippen LogP) is 8.99. The molecule has 0 saturated heterocycles. The van der Waals surface area contributed by atoms with Crippen LogP contribution < -0.4 is 15.4 Å². The van der Waals surface area contributed by atoms with Crippen molar-refractivity contribution in [3.05, 3.63) is 106 Å². The van der Waals surface area contributed by atoms with Gasteiger partial charge in [-0.15, -0.1) is 0 Å². The van der Waals surface area contributed by atoms with Crippen LogP contribution in [0.15, 0.2) is 95.2 Å². The molecule has 0 aromatic heterocycles. The van der Waals surface area contributed by atoms with Crippen LogP contribution in [0.1, 0.15) is 84.6 Å². The van der Waals surface area contributed by atoms with Crippen LogP contribution in [0.25, 0.3) is 0 Å².